The van der Waals surface area contributed by atoms with Crippen LogP contribution >= 0.6 is 0 Å². The first kappa shape index (κ1) is 12.6. The summed E-state index contributed by atoms with van der Waals surface area (Å²) in [7, 11) is -1.21. The highest BCUT2D eigenvalue weighted by Crippen LogP contribution is 2.57. The molecule has 0 aromatic heterocycles. The van der Waals surface area contributed by atoms with E-state index in [1.807, 2.05) is 0 Å². The SMILES string of the molecule is C[C@H](NS(=O)C12CC3CC(CC(C3)C1)C2)C(=O)O. The topological polar surface area (TPSA) is 66.4 Å². The Bertz CT molecular complexity index is 360. The zero-order chi connectivity index (χ0) is 12.9. The molecule has 0 amide bonds. The van der Waals surface area contributed by atoms with Gasteiger partial charge in [-0.2, -0.15) is 0 Å². The highest BCUT2D eigenvalue weighted by molar-refractivity contribution is 7.84. The van der Waals surface area contributed by atoms with Gasteiger partial charge in [-0.25, -0.2) is 8.93 Å². The highest BCUT2D eigenvalue weighted by Gasteiger charge is 2.54. The Labute approximate surface area is 110 Å². The van der Waals surface area contributed by atoms with E-state index in [4.69, 9.17) is 5.11 Å². The summed E-state index contributed by atoms with van der Waals surface area (Å²) in [6.45, 7) is 1.57. The van der Waals surface area contributed by atoms with E-state index in [2.05, 4.69) is 4.72 Å². The number of rotatable bonds is 4. The Morgan fingerprint density at radius 3 is 2.06 bits per heavy atom. The van der Waals surface area contributed by atoms with Gasteiger partial charge in [0.25, 0.3) is 0 Å². The zero-order valence-electron chi connectivity index (χ0n) is 10.7. The molecule has 4 rings (SSSR count). The normalized spacial score (nSPS) is 44.8. The lowest BCUT2D eigenvalue weighted by Crippen LogP contribution is -2.56. The van der Waals surface area contributed by atoms with Gasteiger partial charge in [-0.05, 0) is 63.2 Å². The number of aliphatic carboxylic acids is 1. The molecule has 0 saturated heterocycles. The quantitative estimate of drug-likeness (QED) is 0.817. The first-order valence-corrected chi connectivity index (χ1v) is 8.04. The molecule has 0 heterocycles. The summed E-state index contributed by atoms with van der Waals surface area (Å²) in [6.07, 6.45) is 7.03. The molecule has 4 aliphatic carbocycles. The molecule has 0 spiro atoms. The maximum absolute atomic E-state index is 12.5. The third-order valence-corrected chi connectivity index (χ3v) is 6.88. The fraction of sp³-hybridized carbons (Fsp3) is 0.923. The van der Waals surface area contributed by atoms with Crippen LogP contribution in [0.25, 0.3) is 0 Å². The Morgan fingerprint density at radius 2 is 1.67 bits per heavy atom. The molecular formula is C13H21NO3S. The summed E-state index contributed by atoms with van der Waals surface area (Å²) >= 11 is 0. The molecule has 4 saturated carbocycles. The minimum atomic E-state index is -1.21. The molecule has 18 heavy (non-hydrogen) atoms. The predicted octanol–water partition coefficient (Wildman–Crippen LogP) is 1.68. The van der Waals surface area contributed by atoms with Gasteiger partial charge in [-0.15, -0.1) is 0 Å². The standard InChI is InChI=1S/C13H21NO3S/c1-8(12(15)16)14-18(17)13-5-9-2-10(6-13)4-11(3-9)7-13/h8-11,14H,2-7H2,1H3,(H,15,16)/t8-,9?,10?,11?,13?,18?/m0/s1. The largest absolute Gasteiger partial charge is 0.480 e. The van der Waals surface area contributed by atoms with E-state index >= 15 is 0 Å². The van der Waals surface area contributed by atoms with Crippen LogP contribution < -0.4 is 4.72 Å². The van der Waals surface area contributed by atoms with Crippen LogP contribution in [0.4, 0.5) is 0 Å². The van der Waals surface area contributed by atoms with E-state index in [1.54, 1.807) is 6.92 Å². The van der Waals surface area contributed by atoms with E-state index in [1.165, 1.54) is 19.3 Å². The van der Waals surface area contributed by atoms with Crippen molar-refractivity contribution in [2.24, 2.45) is 17.8 Å². The van der Waals surface area contributed by atoms with Crippen LogP contribution in [0.15, 0.2) is 0 Å². The average molecular weight is 271 g/mol. The lowest BCUT2D eigenvalue weighted by molar-refractivity contribution is -0.138. The van der Waals surface area contributed by atoms with Gasteiger partial charge in [0.05, 0.1) is 15.7 Å². The van der Waals surface area contributed by atoms with Crippen molar-refractivity contribution >= 4 is 17.0 Å². The van der Waals surface area contributed by atoms with Crippen LogP contribution in [-0.4, -0.2) is 26.1 Å². The van der Waals surface area contributed by atoms with E-state index < -0.39 is 23.0 Å². The average Bonchev–Trinajstić information content (AvgIpc) is 2.26. The third kappa shape index (κ3) is 2.01. The molecule has 0 aromatic carbocycles. The Morgan fingerprint density at radius 1 is 1.22 bits per heavy atom. The van der Waals surface area contributed by atoms with Crippen LogP contribution in [0.5, 0.6) is 0 Å². The van der Waals surface area contributed by atoms with Crippen LogP contribution in [0.1, 0.15) is 45.4 Å². The van der Waals surface area contributed by atoms with Gasteiger partial charge in [0.15, 0.2) is 0 Å². The molecule has 4 bridgehead atoms. The van der Waals surface area contributed by atoms with E-state index in [9.17, 15) is 9.00 Å². The van der Waals surface area contributed by atoms with Crippen molar-refractivity contribution in [3.05, 3.63) is 0 Å². The first-order valence-electron chi connectivity index (χ1n) is 6.89. The molecule has 4 nitrogen and oxygen atoms in total. The van der Waals surface area contributed by atoms with Crippen LogP contribution in [-0.2, 0) is 15.8 Å². The maximum Gasteiger partial charge on any atom is 0.321 e. The van der Waals surface area contributed by atoms with Gasteiger partial charge < -0.3 is 5.11 Å². The second kappa shape index (κ2) is 4.30. The molecule has 0 aliphatic heterocycles. The number of carboxylic acid groups (broad SMARTS) is 1. The van der Waals surface area contributed by atoms with Gasteiger partial charge in [0.1, 0.15) is 6.04 Å². The molecule has 102 valence electrons. The van der Waals surface area contributed by atoms with Gasteiger partial charge in [-0.3, -0.25) is 4.79 Å². The lowest BCUT2D eigenvalue weighted by Gasteiger charge is -2.55. The van der Waals surface area contributed by atoms with Crippen molar-refractivity contribution in [3.63, 3.8) is 0 Å². The van der Waals surface area contributed by atoms with Gasteiger partial charge in [0.2, 0.25) is 0 Å². The number of carbonyl (C=O) groups is 1. The fourth-order valence-corrected chi connectivity index (χ4v) is 6.43. The summed E-state index contributed by atoms with van der Waals surface area (Å²) in [5.41, 5.74) is 0. The molecule has 0 aromatic rings. The zero-order valence-corrected chi connectivity index (χ0v) is 11.5. The molecule has 4 fully saturated rings. The Hall–Kier alpha value is -0.420. The highest BCUT2D eigenvalue weighted by atomic mass is 32.2. The minimum absolute atomic E-state index is 0.127. The van der Waals surface area contributed by atoms with E-state index in [0.29, 0.717) is 0 Å². The molecule has 1 unspecified atom stereocenters. The second-order valence-corrected chi connectivity index (χ2v) is 8.19. The molecular weight excluding hydrogens is 250 g/mol. The van der Waals surface area contributed by atoms with Crippen molar-refractivity contribution in [1.29, 1.82) is 0 Å². The molecule has 0 radical (unpaired) electrons. The Kier molecular flexibility index (Phi) is 3.01. The predicted molar refractivity (Wildman–Crippen MR) is 69.3 cm³/mol. The summed E-state index contributed by atoms with van der Waals surface area (Å²) in [4.78, 5) is 10.9. The third-order valence-electron chi connectivity index (χ3n) is 5.03. The minimum Gasteiger partial charge on any atom is -0.480 e. The van der Waals surface area contributed by atoms with Crippen LogP contribution in [0.2, 0.25) is 0 Å². The number of hydrogen-bond acceptors (Lipinski definition) is 2. The second-order valence-electron chi connectivity index (χ2n) is 6.55. The molecule has 5 heteroatoms. The summed E-state index contributed by atoms with van der Waals surface area (Å²) < 4.78 is 15.2. The molecule has 2 atom stereocenters. The lowest BCUT2D eigenvalue weighted by atomic mass is 9.56. The molecule has 4 aliphatic rings. The monoisotopic (exact) mass is 271 g/mol. The number of hydrogen-bond donors (Lipinski definition) is 2. The summed E-state index contributed by atoms with van der Waals surface area (Å²) in [5.74, 6) is 1.29. The van der Waals surface area contributed by atoms with E-state index in [-0.39, 0.29) is 4.75 Å². The van der Waals surface area contributed by atoms with Gasteiger partial charge >= 0.3 is 5.97 Å². The van der Waals surface area contributed by atoms with Crippen molar-refractivity contribution < 1.29 is 14.1 Å². The van der Waals surface area contributed by atoms with Crippen LogP contribution in [0.3, 0.4) is 0 Å². The summed E-state index contributed by atoms with van der Waals surface area (Å²) in [6, 6.07) is -0.723. The van der Waals surface area contributed by atoms with Crippen molar-refractivity contribution in [1.82, 2.24) is 4.72 Å². The first-order chi connectivity index (χ1) is 8.48. The van der Waals surface area contributed by atoms with Crippen molar-refractivity contribution in [2.75, 3.05) is 0 Å². The smallest absolute Gasteiger partial charge is 0.321 e. The van der Waals surface area contributed by atoms with Gasteiger partial charge in [0, 0.05) is 0 Å². The van der Waals surface area contributed by atoms with Crippen molar-refractivity contribution in [3.8, 4) is 0 Å². The summed E-state index contributed by atoms with van der Waals surface area (Å²) in [5, 5.41) is 8.92. The number of carboxylic acids is 1. The Balaban J connectivity index is 1.75. The number of nitrogens with one attached hydrogen (secondary N) is 1. The van der Waals surface area contributed by atoms with E-state index in [0.717, 1.165) is 37.0 Å². The van der Waals surface area contributed by atoms with Gasteiger partial charge in [-0.1, -0.05) is 0 Å². The molecule has 2 N–H and O–H groups in total. The fourth-order valence-electron chi connectivity index (χ4n) is 4.59. The van der Waals surface area contributed by atoms with Crippen molar-refractivity contribution in [2.45, 2.75) is 56.2 Å². The maximum atomic E-state index is 12.5. The van der Waals surface area contributed by atoms with Crippen LogP contribution in [0, 0.1) is 17.8 Å².